The lowest BCUT2D eigenvalue weighted by molar-refractivity contribution is 0.186. The molecule has 0 bridgehead atoms. The van der Waals surface area contributed by atoms with Gasteiger partial charge in [-0.15, -0.1) is 0 Å². The Balaban J connectivity index is 2.96. The van der Waals surface area contributed by atoms with Gasteiger partial charge < -0.3 is 0 Å². The summed E-state index contributed by atoms with van der Waals surface area (Å²) in [6.07, 6.45) is 19.9. The zero-order valence-electron chi connectivity index (χ0n) is 11.8. The van der Waals surface area contributed by atoms with Crippen LogP contribution in [0.1, 0.15) is 84.0 Å². The van der Waals surface area contributed by atoms with Crippen molar-refractivity contribution in [2.45, 2.75) is 84.0 Å². The highest BCUT2D eigenvalue weighted by Gasteiger charge is 1.91. The summed E-state index contributed by atoms with van der Waals surface area (Å²) in [4.78, 5) is 0. The highest BCUT2D eigenvalue weighted by molar-refractivity contribution is 4.81. The lowest BCUT2D eigenvalue weighted by Gasteiger charge is -2.00. The average Bonchev–Trinajstić information content (AvgIpc) is 2.35. The summed E-state index contributed by atoms with van der Waals surface area (Å²) in [7, 11) is 0. The maximum absolute atomic E-state index is 10.2. The van der Waals surface area contributed by atoms with Crippen LogP contribution in [-0.2, 0) is 5.11 Å². The molecule has 0 aromatic carbocycles. The summed E-state index contributed by atoms with van der Waals surface area (Å²) >= 11 is 0. The van der Waals surface area contributed by atoms with Gasteiger partial charge in [0.1, 0.15) is 0 Å². The molecule has 0 heterocycles. The fraction of sp³-hybridized carbons (Fsp3) is 0.875. The molecule has 101 valence electrons. The van der Waals surface area contributed by atoms with E-state index in [4.69, 9.17) is 0 Å². The van der Waals surface area contributed by atoms with E-state index in [9.17, 15) is 5.11 Å². The first-order valence-electron chi connectivity index (χ1n) is 7.65. The maximum Gasteiger partial charge on any atom is 0.0822 e. The van der Waals surface area contributed by atoms with E-state index in [1.165, 1.54) is 64.2 Å². The Morgan fingerprint density at radius 1 is 0.647 bits per heavy atom. The Morgan fingerprint density at radius 2 is 1.12 bits per heavy atom. The van der Waals surface area contributed by atoms with Crippen LogP contribution in [0.3, 0.4) is 0 Å². The van der Waals surface area contributed by atoms with Gasteiger partial charge in [0.15, 0.2) is 0 Å². The predicted molar refractivity (Wildman–Crippen MR) is 75.8 cm³/mol. The lowest BCUT2D eigenvalue weighted by Crippen LogP contribution is -1.83. The molecule has 0 amide bonds. The van der Waals surface area contributed by atoms with Gasteiger partial charge in [0.05, 0.1) is 6.61 Å². The Kier molecular flexibility index (Phi) is 15.4. The number of allylic oxidation sites excluding steroid dienone is 2. The highest BCUT2D eigenvalue weighted by Crippen LogP contribution is 2.10. The third-order valence-corrected chi connectivity index (χ3v) is 3.16. The molecule has 0 unspecified atom stereocenters. The van der Waals surface area contributed by atoms with Gasteiger partial charge in [-0.3, -0.25) is 0 Å². The lowest BCUT2D eigenvalue weighted by atomic mass is 10.1. The number of unbranched alkanes of at least 4 members (excludes halogenated alkanes) is 10. The minimum absolute atomic E-state index is 0.115. The largest absolute Gasteiger partial charge is 0.237 e. The minimum atomic E-state index is 0.115. The molecule has 1 nitrogen and oxygen atoms in total. The maximum atomic E-state index is 10.2. The Labute approximate surface area is 108 Å². The predicted octanol–water partition coefficient (Wildman–Crippen LogP) is 5.67. The van der Waals surface area contributed by atoms with Crippen LogP contribution in [0.2, 0.25) is 0 Å². The van der Waals surface area contributed by atoms with Gasteiger partial charge in [-0.25, -0.2) is 5.11 Å². The number of hydrogen-bond donors (Lipinski definition) is 0. The second kappa shape index (κ2) is 15.7. The van der Waals surface area contributed by atoms with E-state index in [0.29, 0.717) is 0 Å². The molecule has 0 aromatic heterocycles. The van der Waals surface area contributed by atoms with Crippen LogP contribution >= 0.6 is 0 Å². The van der Waals surface area contributed by atoms with E-state index < -0.39 is 0 Å². The van der Waals surface area contributed by atoms with E-state index in [1.54, 1.807) is 0 Å². The molecule has 1 radical (unpaired) electrons. The molecule has 0 aliphatic rings. The molecule has 0 aromatic rings. The quantitative estimate of drug-likeness (QED) is 0.291. The Hall–Kier alpha value is -0.300. The summed E-state index contributed by atoms with van der Waals surface area (Å²) < 4.78 is 0. The van der Waals surface area contributed by atoms with Crippen molar-refractivity contribution in [2.24, 2.45) is 0 Å². The summed E-state index contributed by atoms with van der Waals surface area (Å²) in [6, 6.07) is 0. The van der Waals surface area contributed by atoms with Crippen LogP contribution in [0.5, 0.6) is 0 Å². The van der Waals surface area contributed by atoms with Crippen LogP contribution < -0.4 is 0 Å². The van der Waals surface area contributed by atoms with E-state index in [-0.39, 0.29) is 6.61 Å². The zero-order chi connectivity index (χ0) is 12.6. The van der Waals surface area contributed by atoms with Gasteiger partial charge in [0, 0.05) is 0 Å². The molecule has 0 aliphatic carbocycles. The Morgan fingerprint density at radius 3 is 1.65 bits per heavy atom. The van der Waals surface area contributed by atoms with E-state index in [2.05, 4.69) is 19.1 Å². The van der Waals surface area contributed by atoms with Crippen LogP contribution in [0.25, 0.3) is 0 Å². The molecule has 0 N–H and O–H groups in total. The van der Waals surface area contributed by atoms with Crippen molar-refractivity contribution in [3.05, 3.63) is 12.2 Å². The van der Waals surface area contributed by atoms with Gasteiger partial charge >= 0.3 is 0 Å². The summed E-state index contributed by atoms with van der Waals surface area (Å²) in [5.41, 5.74) is 0. The molecule has 0 atom stereocenters. The van der Waals surface area contributed by atoms with Gasteiger partial charge in [0.25, 0.3) is 0 Å². The molecule has 0 saturated carbocycles. The van der Waals surface area contributed by atoms with Gasteiger partial charge in [-0.2, -0.15) is 0 Å². The van der Waals surface area contributed by atoms with Crippen molar-refractivity contribution in [1.29, 1.82) is 0 Å². The fourth-order valence-electron chi connectivity index (χ4n) is 1.98. The molecule has 0 spiro atoms. The summed E-state index contributed by atoms with van der Waals surface area (Å²) in [5.74, 6) is 0. The van der Waals surface area contributed by atoms with Crippen molar-refractivity contribution in [3.8, 4) is 0 Å². The van der Waals surface area contributed by atoms with Crippen molar-refractivity contribution < 1.29 is 5.11 Å². The van der Waals surface area contributed by atoms with Crippen molar-refractivity contribution in [2.75, 3.05) is 6.61 Å². The SMILES string of the molecule is CCCCC=CCCCCCCCCCC[O]. The standard InChI is InChI=1S/C16H31O/c1-2-3-4-5-6-7-8-9-10-11-12-13-14-15-16-17/h5-6H,2-4,7-16H2,1H3. The first kappa shape index (κ1) is 16.7. The molecule has 0 fully saturated rings. The molecule has 0 saturated heterocycles. The van der Waals surface area contributed by atoms with Gasteiger partial charge in [-0.1, -0.05) is 70.4 Å². The fourth-order valence-corrected chi connectivity index (χ4v) is 1.98. The normalized spacial score (nSPS) is 11.4. The first-order valence-corrected chi connectivity index (χ1v) is 7.65. The average molecular weight is 239 g/mol. The van der Waals surface area contributed by atoms with E-state index >= 15 is 0 Å². The van der Waals surface area contributed by atoms with Crippen LogP contribution in [0.15, 0.2) is 12.2 Å². The van der Waals surface area contributed by atoms with Crippen LogP contribution in [0, 0.1) is 0 Å². The third-order valence-electron chi connectivity index (χ3n) is 3.16. The van der Waals surface area contributed by atoms with Gasteiger partial charge in [-0.05, 0) is 25.7 Å². The highest BCUT2D eigenvalue weighted by atomic mass is 16.2. The molecule has 0 rings (SSSR count). The Bertz CT molecular complexity index is 152. The first-order chi connectivity index (χ1) is 8.41. The number of rotatable bonds is 13. The third kappa shape index (κ3) is 15.7. The van der Waals surface area contributed by atoms with E-state index in [1.807, 2.05) is 0 Å². The summed E-state index contributed by atoms with van der Waals surface area (Å²) in [6.45, 7) is 2.36. The van der Waals surface area contributed by atoms with Crippen LogP contribution in [0.4, 0.5) is 0 Å². The second-order valence-electron chi connectivity index (χ2n) is 4.93. The molecular formula is C16H31O. The van der Waals surface area contributed by atoms with E-state index in [0.717, 1.165) is 12.8 Å². The zero-order valence-corrected chi connectivity index (χ0v) is 11.8. The topological polar surface area (TPSA) is 19.9 Å². The van der Waals surface area contributed by atoms with Crippen molar-refractivity contribution >= 4 is 0 Å². The summed E-state index contributed by atoms with van der Waals surface area (Å²) in [5, 5.41) is 10.2. The van der Waals surface area contributed by atoms with Gasteiger partial charge in [0.2, 0.25) is 0 Å². The minimum Gasteiger partial charge on any atom is -0.237 e. The molecule has 0 aliphatic heterocycles. The van der Waals surface area contributed by atoms with Crippen molar-refractivity contribution in [1.82, 2.24) is 0 Å². The van der Waals surface area contributed by atoms with Crippen molar-refractivity contribution in [3.63, 3.8) is 0 Å². The monoisotopic (exact) mass is 239 g/mol. The molecular weight excluding hydrogens is 208 g/mol. The smallest absolute Gasteiger partial charge is 0.0822 e. The second-order valence-corrected chi connectivity index (χ2v) is 4.93. The molecule has 1 heteroatoms. The molecule has 17 heavy (non-hydrogen) atoms. The number of hydrogen-bond acceptors (Lipinski definition) is 0. The van der Waals surface area contributed by atoms with Crippen LogP contribution in [-0.4, -0.2) is 6.61 Å².